The lowest BCUT2D eigenvalue weighted by Crippen LogP contribution is -2.74. The number of hydrogen-bond acceptors (Lipinski definition) is 3. The number of pyridine rings is 1. The van der Waals surface area contributed by atoms with Gasteiger partial charge in [-0.1, -0.05) is 152 Å². The summed E-state index contributed by atoms with van der Waals surface area (Å²) < 4.78 is 4.50. The molecule has 0 N–H and O–H groups in total. The normalized spacial score (nSPS) is 11.9. The molecule has 57 heavy (non-hydrogen) atoms. The van der Waals surface area contributed by atoms with E-state index in [1.807, 2.05) is 24.7 Å². The van der Waals surface area contributed by atoms with E-state index in [0.717, 1.165) is 49.8 Å². The first-order chi connectivity index (χ1) is 28.3. The highest BCUT2D eigenvalue weighted by atomic mass is 28.3. The van der Waals surface area contributed by atoms with E-state index in [1.54, 1.807) is 0 Å². The second-order valence-corrected chi connectivity index (χ2v) is 18.3. The highest BCUT2D eigenvalue weighted by Gasteiger charge is 2.41. The van der Waals surface area contributed by atoms with Gasteiger partial charge in [-0.25, -0.2) is 9.97 Å². The molecular weight excluding hydrogens is 711 g/mol. The molecule has 5 nitrogen and oxygen atoms in total. The summed E-state index contributed by atoms with van der Waals surface area (Å²) in [5.41, 5.74) is 8.35. The summed E-state index contributed by atoms with van der Waals surface area (Å²) >= 11 is 0. The van der Waals surface area contributed by atoms with Crippen LogP contribution in [0, 0.1) is 0 Å². The first-order valence-corrected chi connectivity index (χ1v) is 21.3. The Bertz CT molecular complexity index is 3120. The maximum absolute atomic E-state index is 5.10. The number of rotatable bonds is 7. The quantitative estimate of drug-likeness (QED) is 0.121. The lowest BCUT2D eigenvalue weighted by atomic mass is 10.1. The van der Waals surface area contributed by atoms with E-state index in [1.165, 1.54) is 31.5 Å². The minimum atomic E-state index is -2.70. The predicted octanol–water partition coefficient (Wildman–Crippen LogP) is 9.11. The molecule has 0 aliphatic rings. The van der Waals surface area contributed by atoms with Crippen molar-refractivity contribution < 1.29 is 0 Å². The third kappa shape index (κ3) is 5.19. The van der Waals surface area contributed by atoms with Crippen molar-refractivity contribution in [3.8, 4) is 22.8 Å². The van der Waals surface area contributed by atoms with Crippen LogP contribution in [0.4, 0.5) is 0 Å². The van der Waals surface area contributed by atoms with Crippen LogP contribution < -0.4 is 20.7 Å². The number of fused-ring (bicyclic) bond motifs is 6. The fraction of sp³-hybridized carbons (Fsp3) is 0. The fourth-order valence-electron chi connectivity index (χ4n) is 8.95. The number of para-hydroxylation sites is 2. The van der Waals surface area contributed by atoms with E-state index in [2.05, 4.69) is 197 Å². The molecule has 4 aromatic heterocycles. The zero-order chi connectivity index (χ0) is 37.8. The van der Waals surface area contributed by atoms with E-state index in [-0.39, 0.29) is 0 Å². The van der Waals surface area contributed by atoms with Crippen molar-refractivity contribution in [2.24, 2.45) is 0 Å². The maximum Gasteiger partial charge on any atom is 0.234 e. The summed E-state index contributed by atoms with van der Waals surface area (Å²) in [6.07, 6.45) is 5.79. The van der Waals surface area contributed by atoms with Crippen LogP contribution in [0.2, 0.25) is 0 Å². The highest BCUT2D eigenvalue weighted by Crippen LogP contribution is 2.38. The van der Waals surface area contributed by atoms with Gasteiger partial charge in [0.2, 0.25) is 5.95 Å². The molecule has 4 heterocycles. The molecule has 6 heteroatoms. The van der Waals surface area contributed by atoms with Crippen LogP contribution in [0.5, 0.6) is 0 Å². The molecule has 11 aromatic rings. The van der Waals surface area contributed by atoms with Crippen molar-refractivity contribution in [2.75, 3.05) is 0 Å². The van der Waals surface area contributed by atoms with Gasteiger partial charge in [0.25, 0.3) is 0 Å². The minimum Gasteiger partial charge on any atom is -0.309 e. The van der Waals surface area contributed by atoms with E-state index in [9.17, 15) is 0 Å². The number of nitrogens with zero attached hydrogens (tertiary/aromatic N) is 5. The van der Waals surface area contributed by atoms with Crippen LogP contribution in [0.25, 0.3) is 66.5 Å². The molecule has 0 aliphatic carbocycles. The number of benzene rings is 7. The van der Waals surface area contributed by atoms with Crippen LogP contribution in [0.3, 0.4) is 0 Å². The van der Waals surface area contributed by atoms with Gasteiger partial charge in [-0.15, -0.1) is 0 Å². The summed E-state index contributed by atoms with van der Waals surface area (Å²) in [5.74, 6) is 0.603. The Balaban J connectivity index is 1.08. The summed E-state index contributed by atoms with van der Waals surface area (Å²) in [4.78, 5) is 15.1. The lowest BCUT2D eigenvalue weighted by Gasteiger charge is -2.34. The SMILES string of the molecule is c1ccc(-n2c3ccccc3c3cc4c5ncccc5n(-c5ncc(-c6cccc([Si](c7ccccc7)(c7ccccc7)c7ccccc7)c6)cn5)c4cc32)cc1. The van der Waals surface area contributed by atoms with Gasteiger partial charge in [-0.05, 0) is 68.8 Å². The van der Waals surface area contributed by atoms with Crippen molar-refractivity contribution in [3.05, 3.63) is 213 Å². The molecule has 0 aliphatic heterocycles. The van der Waals surface area contributed by atoms with Crippen molar-refractivity contribution in [3.63, 3.8) is 0 Å². The topological polar surface area (TPSA) is 48.5 Å². The first-order valence-electron chi connectivity index (χ1n) is 19.3. The van der Waals surface area contributed by atoms with Crippen LogP contribution in [0.1, 0.15) is 0 Å². The van der Waals surface area contributed by atoms with Gasteiger partial charge in [0, 0.05) is 46.0 Å². The highest BCUT2D eigenvalue weighted by molar-refractivity contribution is 7.19. The Kier molecular flexibility index (Phi) is 7.76. The molecule has 7 aromatic carbocycles. The van der Waals surface area contributed by atoms with Crippen molar-refractivity contribution in [2.45, 2.75) is 0 Å². The lowest BCUT2D eigenvalue weighted by molar-refractivity contribution is 0.989. The molecule has 0 atom stereocenters. The zero-order valence-electron chi connectivity index (χ0n) is 30.9. The second-order valence-electron chi connectivity index (χ2n) is 14.5. The largest absolute Gasteiger partial charge is 0.309 e. The van der Waals surface area contributed by atoms with Gasteiger partial charge in [0.05, 0.1) is 27.6 Å². The van der Waals surface area contributed by atoms with Crippen molar-refractivity contribution in [1.82, 2.24) is 24.1 Å². The van der Waals surface area contributed by atoms with Crippen molar-refractivity contribution in [1.29, 1.82) is 0 Å². The van der Waals surface area contributed by atoms with Gasteiger partial charge in [-0.3, -0.25) is 9.55 Å². The molecule has 0 saturated heterocycles. The average molecular weight is 746 g/mol. The zero-order valence-corrected chi connectivity index (χ0v) is 31.9. The summed E-state index contributed by atoms with van der Waals surface area (Å²) in [6.45, 7) is 0. The predicted molar refractivity (Wildman–Crippen MR) is 238 cm³/mol. The molecule has 268 valence electrons. The van der Waals surface area contributed by atoms with Crippen LogP contribution in [0.15, 0.2) is 213 Å². The Hall–Kier alpha value is -7.41. The monoisotopic (exact) mass is 745 g/mol. The third-order valence-electron chi connectivity index (χ3n) is 11.4. The molecule has 0 unspecified atom stereocenters. The number of hydrogen-bond donors (Lipinski definition) is 0. The molecule has 0 bridgehead atoms. The molecule has 0 radical (unpaired) electrons. The first kappa shape index (κ1) is 33.0. The van der Waals surface area contributed by atoms with Crippen LogP contribution in [-0.4, -0.2) is 32.2 Å². The van der Waals surface area contributed by atoms with E-state index in [0.29, 0.717) is 5.95 Å². The fourth-order valence-corrected chi connectivity index (χ4v) is 13.7. The van der Waals surface area contributed by atoms with Crippen LogP contribution in [-0.2, 0) is 0 Å². The van der Waals surface area contributed by atoms with Gasteiger partial charge in [0.1, 0.15) is 0 Å². The average Bonchev–Trinajstić information content (AvgIpc) is 3.79. The molecule has 0 fully saturated rings. The van der Waals surface area contributed by atoms with E-state index in [4.69, 9.17) is 15.0 Å². The number of aromatic nitrogens is 5. The summed E-state index contributed by atoms with van der Waals surface area (Å²) in [5, 5.41) is 8.78. The summed E-state index contributed by atoms with van der Waals surface area (Å²) in [7, 11) is -2.70. The Morgan fingerprint density at radius 3 is 1.58 bits per heavy atom. The van der Waals surface area contributed by atoms with E-state index >= 15 is 0 Å². The van der Waals surface area contributed by atoms with Gasteiger partial charge in [-0.2, -0.15) is 0 Å². The Morgan fingerprint density at radius 1 is 0.351 bits per heavy atom. The molecule has 0 spiro atoms. The molecular formula is C51H35N5Si. The third-order valence-corrected chi connectivity index (χ3v) is 16.2. The molecule has 0 amide bonds. The van der Waals surface area contributed by atoms with Gasteiger partial charge in [0.15, 0.2) is 8.07 Å². The smallest absolute Gasteiger partial charge is 0.234 e. The van der Waals surface area contributed by atoms with Gasteiger partial charge < -0.3 is 4.57 Å². The van der Waals surface area contributed by atoms with E-state index < -0.39 is 8.07 Å². The minimum absolute atomic E-state index is 0.603. The molecule has 0 saturated carbocycles. The molecule has 11 rings (SSSR count). The second kappa shape index (κ2) is 13.4. The Labute approximate surface area is 330 Å². The van der Waals surface area contributed by atoms with Crippen molar-refractivity contribution >= 4 is 72.6 Å². The maximum atomic E-state index is 5.10. The summed E-state index contributed by atoms with van der Waals surface area (Å²) in [6, 6.07) is 69.9. The standard InChI is InChI=1S/C51H35N5Si/c1-5-18-38(19-6-1)55-46-28-14-13-27-43(46)44-32-45-49(33-48(44)55)56(47-29-16-30-52-50(45)47)51-53-34-37(35-54-51)36-17-15-26-42(31-36)57(39-20-7-2-8-21-39,40-22-9-3-10-23-40)41-24-11-4-12-25-41/h1-35H. The van der Waals surface area contributed by atoms with Crippen LogP contribution >= 0.6 is 0 Å². The Morgan fingerprint density at radius 2 is 0.912 bits per heavy atom. The van der Waals surface area contributed by atoms with Gasteiger partial charge >= 0.3 is 0 Å².